The van der Waals surface area contributed by atoms with Gasteiger partial charge in [-0.3, -0.25) is 9.59 Å². The summed E-state index contributed by atoms with van der Waals surface area (Å²) in [7, 11) is 1.57. The van der Waals surface area contributed by atoms with Gasteiger partial charge in [0.15, 0.2) is 5.43 Å². The van der Waals surface area contributed by atoms with Crippen molar-refractivity contribution in [2.45, 2.75) is 12.5 Å². The minimum absolute atomic E-state index is 0.0167. The first-order valence-electron chi connectivity index (χ1n) is 10.3. The van der Waals surface area contributed by atoms with Crippen molar-refractivity contribution in [3.63, 3.8) is 0 Å². The third kappa shape index (κ3) is 3.34. The lowest BCUT2D eigenvalue weighted by Gasteiger charge is -2.25. The Hall–Kier alpha value is -3.93. The van der Waals surface area contributed by atoms with Gasteiger partial charge in [-0.05, 0) is 47.9 Å². The van der Waals surface area contributed by atoms with Gasteiger partial charge >= 0.3 is 0 Å². The van der Waals surface area contributed by atoms with E-state index in [0.29, 0.717) is 18.7 Å². The molecule has 1 aliphatic rings. The number of rotatable bonds is 5. The molecule has 0 radical (unpaired) electrons. The van der Waals surface area contributed by atoms with Crippen LogP contribution in [-0.2, 0) is 6.42 Å². The molecule has 5 rings (SSSR count). The second-order valence-corrected chi connectivity index (χ2v) is 7.72. The number of hydrogen-bond donors (Lipinski definition) is 0. The lowest BCUT2D eigenvalue weighted by Crippen LogP contribution is -2.31. The third-order valence-corrected chi connectivity index (χ3v) is 5.84. The van der Waals surface area contributed by atoms with Crippen LogP contribution in [0.3, 0.4) is 0 Å². The Morgan fingerprint density at radius 3 is 2.47 bits per heavy atom. The van der Waals surface area contributed by atoms with Gasteiger partial charge in [-0.15, -0.1) is 0 Å². The van der Waals surface area contributed by atoms with E-state index in [4.69, 9.17) is 9.15 Å². The average Bonchev–Trinajstić information content (AvgIpc) is 3.10. The van der Waals surface area contributed by atoms with E-state index >= 15 is 0 Å². The summed E-state index contributed by atoms with van der Waals surface area (Å²) in [6, 6.07) is 20.2. The topological polar surface area (TPSA) is 59.8 Å². The molecule has 0 aliphatic carbocycles. The zero-order valence-electron chi connectivity index (χ0n) is 17.4. The molecule has 0 saturated heterocycles. The van der Waals surface area contributed by atoms with Crippen LogP contribution in [0.4, 0.5) is 4.39 Å². The first-order valence-corrected chi connectivity index (χ1v) is 10.3. The van der Waals surface area contributed by atoms with Crippen molar-refractivity contribution in [3.05, 3.63) is 111 Å². The summed E-state index contributed by atoms with van der Waals surface area (Å²) in [5.41, 5.74) is 1.88. The number of ether oxygens (including phenoxy) is 1. The van der Waals surface area contributed by atoms with Gasteiger partial charge in [0.05, 0.1) is 24.1 Å². The number of carbonyl (C=O) groups is 1. The van der Waals surface area contributed by atoms with Crippen LogP contribution in [0.15, 0.2) is 82.0 Å². The van der Waals surface area contributed by atoms with E-state index < -0.39 is 17.3 Å². The second-order valence-electron chi connectivity index (χ2n) is 7.72. The molecule has 0 fully saturated rings. The Kier molecular flexibility index (Phi) is 4.98. The third-order valence-electron chi connectivity index (χ3n) is 5.84. The SMILES string of the molecule is COc1ccc([C@H]2c3c(oc4ccc(F)cc4c3=O)C(=O)N2CCc2ccccc2)cc1. The van der Waals surface area contributed by atoms with Crippen molar-refractivity contribution in [2.75, 3.05) is 13.7 Å². The molecule has 3 aromatic carbocycles. The molecule has 0 saturated carbocycles. The molecule has 1 amide bonds. The van der Waals surface area contributed by atoms with Crippen LogP contribution in [0.2, 0.25) is 0 Å². The summed E-state index contributed by atoms with van der Waals surface area (Å²) in [6.45, 7) is 0.397. The van der Waals surface area contributed by atoms with E-state index in [-0.39, 0.29) is 28.2 Å². The molecule has 1 atom stereocenters. The van der Waals surface area contributed by atoms with Gasteiger partial charge in [0, 0.05) is 6.54 Å². The molecule has 0 N–H and O–H groups in total. The van der Waals surface area contributed by atoms with Crippen molar-refractivity contribution in [3.8, 4) is 5.75 Å². The van der Waals surface area contributed by atoms with Gasteiger partial charge < -0.3 is 14.1 Å². The second kappa shape index (κ2) is 7.96. The monoisotopic (exact) mass is 429 g/mol. The van der Waals surface area contributed by atoms with Crippen LogP contribution in [0.1, 0.15) is 33.3 Å². The first-order chi connectivity index (χ1) is 15.6. The minimum atomic E-state index is -0.629. The van der Waals surface area contributed by atoms with Crippen molar-refractivity contribution in [1.82, 2.24) is 4.90 Å². The molecular weight excluding hydrogens is 409 g/mol. The fourth-order valence-corrected chi connectivity index (χ4v) is 4.25. The summed E-state index contributed by atoms with van der Waals surface area (Å²) < 4.78 is 25.0. The summed E-state index contributed by atoms with van der Waals surface area (Å²) in [5, 5.41) is 0.125. The maximum Gasteiger partial charge on any atom is 0.290 e. The first kappa shape index (κ1) is 20.0. The van der Waals surface area contributed by atoms with Gasteiger partial charge in [-0.2, -0.15) is 0 Å². The van der Waals surface area contributed by atoms with Crippen LogP contribution in [-0.4, -0.2) is 24.5 Å². The molecule has 6 heteroatoms. The van der Waals surface area contributed by atoms with Gasteiger partial charge in [0.1, 0.15) is 17.1 Å². The quantitative estimate of drug-likeness (QED) is 0.460. The number of halogens is 1. The zero-order chi connectivity index (χ0) is 22.2. The Bertz CT molecular complexity index is 1360. The maximum atomic E-state index is 13.9. The predicted octanol–water partition coefficient (Wildman–Crippen LogP) is 4.73. The fourth-order valence-electron chi connectivity index (χ4n) is 4.25. The number of fused-ring (bicyclic) bond motifs is 2. The Labute approximate surface area is 183 Å². The molecule has 2 heterocycles. The standard InChI is InChI=1S/C26H20FNO4/c1-31-19-10-7-17(8-11-19)23-22-24(29)20-15-18(27)9-12-21(20)32-25(22)26(30)28(23)14-13-16-5-3-2-4-6-16/h2-12,15,23H,13-14H2,1H3/t23-/m0/s1. The largest absolute Gasteiger partial charge is 0.497 e. The fraction of sp³-hybridized carbons (Fsp3) is 0.154. The van der Waals surface area contributed by atoms with E-state index in [0.717, 1.165) is 17.2 Å². The number of benzene rings is 3. The van der Waals surface area contributed by atoms with Crippen LogP contribution in [0.5, 0.6) is 5.75 Å². The lowest BCUT2D eigenvalue weighted by molar-refractivity contribution is 0.0730. The Morgan fingerprint density at radius 1 is 1.00 bits per heavy atom. The highest BCUT2D eigenvalue weighted by molar-refractivity contribution is 5.99. The van der Waals surface area contributed by atoms with Crippen LogP contribution in [0.25, 0.3) is 11.0 Å². The van der Waals surface area contributed by atoms with E-state index in [9.17, 15) is 14.0 Å². The molecule has 0 bridgehead atoms. The molecule has 4 aromatic rings. The summed E-state index contributed by atoms with van der Waals surface area (Å²) >= 11 is 0. The maximum absolute atomic E-state index is 13.9. The summed E-state index contributed by atoms with van der Waals surface area (Å²) in [4.78, 5) is 28.4. The Balaban J connectivity index is 1.65. The predicted molar refractivity (Wildman–Crippen MR) is 118 cm³/mol. The molecule has 0 spiro atoms. The number of hydrogen-bond acceptors (Lipinski definition) is 4. The normalized spacial score (nSPS) is 15.2. The van der Waals surface area contributed by atoms with Crippen molar-refractivity contribution in [1.29, 1.82) is 0 Å². The summed E-state index contributed by atoms with van der Waals surface area (Å²) in [6.07, 6.45) is 0.621. The van der Waals surface area contributed by atoms with E-state index in [1.165, 1.54) is 12.1 Å². The minimum Gasteiger partial charge on any atom is -0.497 e. The van der Waals surface area contributed by atoms with Crippen molar-refractivity contribution in [2.24, 2.45) is 0 Å². The van der Waals surface area contributed by atoms with Gasteiger partial charge in [-0.25, -0.2) is 4.39 Å². The van der Waals surface area contributed by atoms with Crippen LogP contribution in [0, 0.1) is 5.82 Å². The highest BCUT2D eigenvalue weighted by Crippen LogP contribution is 2.38. The summed E-state index contributed by atoms with van der Waals surface area (Å²) in [5.74, 6) is -0.194. The van der Waals surface area contributed by atoms with Crippen LogP contribution >= 0.6 is 0 Å². The molecule has 160 valence electrons. The van der Waals surface area contributed by atoms with Gasteiger partial charge in [0.25, 0.3) is 5.91 Å². The lowest BCUT2D eigenvalue weighted by atomic mass is 9.98. The molecule has 1 aromatic heterocycles. The van der Waals surface area contributed by atoms with E-state index in [1.807, 2.05) is 42.5 Å². The highest BCUT2D eigenvalue weighted by Gasteiger charge is 2.42. The molecular formula is C26H20FNO4. The van der Waals surface area contributed by atoms with Crippen molar-refractivity contribution >= 4 is 16.9 Å². The number of amides is 1. The van der Waals surface area contributed by atoms with Crippen LogP contribution < -0.4 is 10.2 Å². The molecule has 32 heavy (non-hydrogen) atoms. The number of carbonyl (C=O) groups excluding carboxylic acids is 1. The highest BCUT2D eigenvalue weighted by atomic mass is 19.1. The molecule has 0 unspecified atom stereocenters. The number of nitrogens with zero attached hydrogens (tertiary/aromatic N) is 1. The number of methoxy groups -OCH3 is 1. The molecule has 5 nitrogen and oxygen atoms in total. The van der Waals surface area contributed by atoms with E-state index in [2.05, 4.69) is 0 Å². The van der Waals surface area contributed by atoms with Crippen molar-refractivity contribution < 1.29 is 18.3 Å². The average molecular weight is 429 g/mol. The molecule has 1 aliphatic heterocycles. The van der Waals surface area contributed by atoms with E-state index in [1.54, 1.807) is 24.1 Å². The van der Waals surface area contributed by atoms with Gasteiger partial charge in [0.2, 0.25) is 5.76 Å². The Morgan fingerprint density at radius 2 is 1.75 bits per heavy atom. The smallest absolute Gasteiger partial charge is 0.290 e. The zero-order valence-corrected chi connectivity index (χ0v) is 17.4. The van der Waals surface area contributed by atoms with Gasteiger partial charge in [-0.1, -0.05) is 42.5 Å².